The Morgan fingerprint density at radius 3 is 2.71 bits per heavy atom. The number of rotatable bonds is 4. The van der Waals surface area contributed by atoms with Gasteiger partial charge in [0.1, 0.15) is 11.6 Å². The fourth-order valence-corrected chi connectivity index (χ4v) is 2.24. The molecule has 1 aliphatic carbocycles. The van der Waals surface area contributed by atoms with Gasteiger partial charge in [0.15, 0.2) is 0 Å². The molecule has 2 heteroatoms. The van der Waals surface area contributed by atoms with E-state index < -0.39 is 0 Å². The summed E-state index contributed by atoms with van der Waals surface area (Å²) >= 11 is 0. The van der Waals surface area contributed by atoms with E-state index in [1.807, 2.05) is 0 Å². The molecule has 90 valence electrons. The fraction of sp³-hybridized carbons (Fsp3) is 0.400. The predicted octanol–water partition coefficient (Wildman–Crippen LogP) is 3.83. The van der Waals surface area contributed by atoms with Gasteiger partial charge in [-0.05, 0) is 37.3 Å². The van der Waals surface area contributed by atoms with Crippen molar-refractivity contribution < 1.29 is 9.18 Å². The van der Waals surface area contributed by atoms with Gasteiger partial charge in [-0.15, -0.1) is 0 Å². The summed E-state index contributed by atoms with van der Waals surface area (Å²) in [7, 11) is 0. The molecule has 1 aromatic carbocycles. The van der Waals surface area contributed by atoms with Crippen LogP contribution in [-0.2, 0) is 11.2 Å². The number of allylic oxidation sites excluding steroid dienone is 2. The van der Waals surface area contributed by atoms with Crippen molar-refractivity contribution >= 4 is 5.78 Å². The van der Waals surface area contributed by atoms with E-state index in [1.54, 1.807) is 18.2 Å². The Bertz CT molecular complexity index is 434. The minimum Gasteiger partial charge on any atom is -0.299 e. The molecule has 0 saturated heterocycles. The number of ketones is 1. The highest BCUT2D eigenvalue weighted by Gasteiger charge is 2.11. The molecule has 2 rings (SSSR count). The maximum atomic E-state index is 13.4. The topological polar surface area (TPSA) is 17.1 Å². The van der Waals surface area contributed by atoms with E-state index in [1.165, 1.54) is 24.5 Å². The van der Waals surface area contributed by atoms with Crippen molar-refractivity contribution in [2.75, 3.05) is 0 Å². The third-order valence-electron chi connectivity index (χ3n) is 3.15. The first-order valence-corrected chi connectivity index (χ1v) is 6.19. The van der Waals surface area contributed by atoms with E-state index in [2.05, 4.69) is 6.08 Å². The number of hydrogen-bond donors (Lipinski definition) is 0. The zero-order valence-corrected chi connectivity index (χ0v) is 9.92. The fourth-order valence-electron chi connectivity index (χ4n) is 2.24. The van der Waals surface area contributed by atoms with Crippen molar-refractivity contribution in [3.05, 3.63) is 47.3 Å². The second-order valence-corrected chi connectivity index (χ2v) is 4.59. The van der Waals surface area contributed by atoms with Crippen molar-refractivity contribution in [1.29, 1.82) is 0 Å². The molecule has 0 aliphatic heterocycles. The lowest BCUT2D eigenvalue weighted by Crippen LogP contribution is -2.07. The monoisotopic (exact) mass is 232 g/mol. The Labute approximate surface area is 101 Å². The molecule has 0 fully saturated rings. The summed E-state index contributed by atoms with van der Waals surface area (Å²) in [6, 6.07) is 6.50. The van der Waals surface area contributed by atoms with Crippen LogP contribution in [0.2, 0.25) is 0 Å². The smallest absolute Gasteiger partial charge is 0.141 e. The average molecular weight is 232 g/mol. The summed E-state index contributed by atoms with van der Waals surface area (Å²) in [4.78, 5) is 11.8. The summed E-state index contributed by atoms with van der Waals surface area (Å²) in [5.41, 5.74) is 1.74. The van der Waals surface area contributed by atoms with E-state index in [0.717, 1.165) is 12.8 Å². The molecule has 0 atom stereocenters. The first-order valence-electron chi connectivity index (χ1n) is 6.19. The molecule has 0 heterocycles. The third-order valence-corrected chi connectivity index (χ3v) is 3.15. The second kappa shape index (κ2) is 5.76. The van der Waals surface area contributed by atoms with Gasteiger partial charge < -0.3 is 0 Å². The van der Waals surface area contributed by atoms with Gasteiger partial charge in [0.05, 0.1) is 0 Å². The van der Waals surface area contributed by atoms with Crippen molar-refractivity contribution in [3.63, 3.8) is 0 Å². The number of halogens is 1. The SMILES string of the molecule is O=C(CC1=CCCCC1)Cc1ccccc1F. The minimum absolute atomic E-state index is 0.114. The summed E-state index contributed by atoms with van der Waals surface area (Å²) in [5.74, 6) is -0.165. The van der Waals surface area contributed by atoms with Gasteiger partial charge in [-0.2, -0.15) is 0 Å². The molecule has 1 aliphatic rings. The maximum absolute atomic E-state index is 13.4. The number of carbonyl (C=O) groups is 1. The summed E-state index contributed by atoms with van der Waals surface area (Å²) < 4.78 is 13.4. The van der Waals surface area contributed by atoms with Crippen molar-refractivity contribution in [2.45, 2.75) is 38.5 Å². The molecular formula is C15H17FO. The van der Waals surface area contributed by atoms with E-state index in [0.29, 0.717) is 12.0 Å². The Morgan fingerprint density at radius 2 is 2.00 bits per heavy atom. The zero-order valence-electron chi connectivity index (χ0n) is 9.92. The second-order valence-electron chi connectivity index (χ2n) is 4.59. The van der Waals surface area contributed by atoms with E-state index in [-0.39, 0.29) is 18.0 Å². The normalized spacial score (nSPS) is 15.5. The first-order chi connectivity index (χ1) is 8.25. The largest absolute Gasteiger partial charge is 0.299 e. The van der Waals surface area contributed by atoms with Crippen LogP contribution >= 0.6 is 0 Å². The number of carbonyl (C=O) groups excluding carboxylic acids is 1. The highest BCUT2D eigenvalue weighted by atomic mass is 19.1. The van der Waals surface area contributed by atoms with Crippen LogP contribution < -0.4 is 0 Å². The average Bonchev–Trinajstić information content (AvgIpc) is 2.33. The maximum Gasteiger partial charge on any atom is 0.141 e. The molecule has 0 bridgehead atoms. The molecule has 1 nitrogen and oxygen atoms in total. The lowest BCUT2D eigenvalue weighted by atomic mass is 9.94. The van der Waals surface area contributed by atoms with Gasteiger partial charge >= 0.3 is 0 Å². The van der Waals surface area contributed by atoms with Gasteiger partial charge in [-0.3, -0.25) is 4.79 Å². The van der Waals surface area contributed by atoms with E-state index in [4.69, 9.17) is 0 Å². The lowest BCUT2D eigenvalue weighted by Gasteiger charge is -2.11. The van der Waals surface area contributed by atoms with Crippen molar-refractivity contribution in [1.82, 2.24) is 0 Å². The minimum atomic E-state index is -0.279. The Hall–Kier alpha value is -1.44. The molecule has 0 saturated carbocycles. The first kappa shape index (κ1) is 12.0. The van der Waals surface area contributed by atoms with Crippen molar-refractivity contribution in [3.8, 4) is 0 Å². The Kier molecular flexibility index (Phi) is 4.08. The lowest BCUT2D eigenvalue weighted by molar-refractivity contribution is -0.117. The molecule has 0 N–H and O–H groups in total. The van der Waals surface area contributed by atoms with Gasteiger partial charge in [0, 0.05) is 12.8 Å². The van der Waals surface area contributed by atoms with E-state index in [9.17, 15) is 9.18 Å². The van der Waals surface area contributed by atoms with Gasteiger partial charge in [-0.1, -0.05) is 29.8 Å². The van der Waals surface area contributed by atoms with Gasteiger partial charge in [0.25, 0.3) is 0 Å². The van der Waals surface area contributed by atoms with Crippen LogP contribution in [-0.4, -0.2) is 5.78 Å². The molecule has 0 radical (unpaired) electrons. The van der Waals surface area contributed by atoms with Gasteiger partial charge in [0.2, 0.25) is 0 Å². The molecule has 0 unspecified atom stereocenters. The zero-order chi connectivity index (χ0) is 12.1. The predicted molar refractivity (Wildman–Crippen MR) is 66.3 cm³/mol. The number of hydrogen-bond acceptors (Lipinski definition) is 1. The summed E-state index contributed by atoms with van der Waals surface area (Å²) in [6.07, 6.45) is 7.40. The quantitative estimate of drug-likeness (QED) is 0.721. The third kappa shape index (κ3) is 3.52. The van der Waals surface area contributed by atoms with Gasteiger partial charge in [-0.25, -0.2) is 4.39 Å². The van der Waals surface area contributed by atoms with Crippen LogP contribution in [0.4, 0.5) is 4.39 Å². The Morgan fingerprint density at radius 1 is 1.18 bits per heavy atom. The van der Waals surface area contributed by atoms with Crippen LogP contribution in [0.25, 0.3) is 0 Å². The van der Waals surface area contributed by atoms with Crippen LogP contribution in [0.1, 0.15) is 37.7 Å². The van der Waals surface area contributed by atoms with Crippen LogP contribution in [0, 0.1) is 5.82 Å². The Balaban J connectivity index is 1.93. The van der Waals surface area contributed by atoms with E-state index >= 15 is 0 Å². The molecular weight excluding hydrogens is 215 g/mol. The van der Waals surface area contributed by atoms with Crippen LogP contribution in [0.5, 0.6) is 0 Å². The standard InChI is InChI=1S/C15H17FO/c16-15-9-5-4-8-13(15)11-14(17)10-12-6-2-1-3-7-12/h4-6,8-9H,1-3,7,10-11H2. The molecule has 1 aromatic rings. The highest BCUT2D eigenvalue weighted by Crippen LogP contribution is 2.21. The molecule has 0 amide bonds. The van der Waals surface area contributed by atoms with Crippen LogP contribution in [0.15, 0.2) is 35.9 Å². The van der Waals surface area contributed by atoms with Crippen LogP contribution in [0.3, 0.4) is 0 Å². The highest BCUT2D eigenvalue weighted by molar-refractivity contribution is 5.83. The summed E-state index contributed by atoms with van der Waals surface area (Å²) in [6.45, 7) is 0. The molecule has 0 aromatic heterocycles. The molecule has 0 spiro atoms. The number of benzene rings is 1. The molecule has 17 heavy (non-hydrogen) atoms. The summed E-state index contributed by atoms with van der Waals surface area (Å²) in [5, 5.41) is 0. The van der Waals surface area contributed by atoms with Crippen molar-refractivity contribution in [2.24, 2.45) is 0 Å². The number of Topliss-reactive ketones (excluding diaryl/α,β-unsaturated/α-hetero) is 1.